The number of hydrogen-bond acceptors (Lipinski definition) is 8. The molecular weight excluding hydrogens is 468 g/mol. The number of carbonyl (C=O) groups is 1. The van der Waals surface area contributed by atoms with Crippen molar-refractivity contribution in [2.24, 2.45) is 4.99 Å². The number of benzene rings is 2. The number of allylic oxidation sites excluding steroid dienone is 1. The molecule has 0 unspecified atom stereocenters. The van der Waals surface area contributed by atoms with Gasteiger partial charge in [-0.25, -0.2) is 9.79 Å². The number of ether oxygens (including phenoxy) is 4. The van der Waals surface area contributed by atoms with Crippen LogP contribution in [0.5, 0.6) is 11.5 Å². The highest BCUT2D eigenvalue weighted by Crippen LogP contribution is 2.31. The van der Waals surface area contributed by atoms with E-state index in [-0.39, 0.29) is 18.8 Å². The van der Waals surface area contributed by atoms with E-state index in [1.165, 1.54) is 18.4 Å². The first kappa shape index (κ1) is 24.4. The highest BCUT2D eigenvalue weighted by atomic mass is 32.1. The van der Waals surface area contributed by atoms with Crippen LogP contribution in [0.2, 0.25) is 0 Å². The number of methoxy groups -OCH3 is 3. The van der Waals surface area contributed by atoms with Gasteiger partial charge in [-0.3, -0.25) is 9.36 Å². The standard InChI is InChI=1S/C26H26N2O6S/c1-16-22(25(30)34-13-12-31-2)23(18-8-10-19(32-3)11-9-18)28-24(29)21(35-26(28)27-16)15-17-6-5-7-20(14-17)33-4/h5-11,14-15,23H,12-13H2,1-4H3/b21-15-/t23-/m0/s1. The number of nitrogens with zero attached hydrogens (tertiary/aromatic N) is 2. The van der Waals surface area contributed by atoms with Crippen LogP contribution in [0.4, 0.5) is 0 Å². The lowest BCUT2D eigenvalue weighted by atomic mass is 9.96. The molecule has 1 aromatic heterocycles. The number of esters is 1. The Morgan fingerprint density at radius 3 is 2.49 bits per heavy atom. The zero-order valence-electron chi connectivity index (χ0n) is 19.9. The summed E-state index contributed by atoms with van der Waals surface area (Å²) < 4.78 is 23.1. The van der Waals surface area contributed by atoms with Crippen molar-refractivity contribution >= 4 is 23.4 Å². The first-order valence-corrected chi connectivity index (χ1v) is 11.7. The lowest BCUT2D eigenvalue weighted by molar-refractivity contribution is -0.140. The summed E-state index contributed by atoms with van der Waals surface area (Å²) in [6.07, 6.45) is 1.80. The lowest BCUT2D eigenvalue weighted by Crippen LogP contribution is -2.40. The minimum Gasteiger partial charge on any atom is -0.497 e. The largest absolute Gasteiger partial charge is 0.497 e. The number of fused-ring (bicyclic) bond motifs is 1. The summed E-state index contributed by atoms with van der Waals surface area (Å²) in [6.45, 7) is 2.12. The normalized spacial score (nSPS) is 15.4. The number of thiazole rings is 1. The van der Waals surface area contributed by atoms with Crippen LogP contribution in [0.25, 0.3) is 6.08 Å². The van der Waals surface area contributed by atoms with Crippen LogP contribution in [0.3, 0.4) is 0 Å². The number of rotatable bonds is 8. The average Bonchev–Trinajstić information content (AvgIpc) is 3.17. The summed E-state index contributed by atoms with van der Waals surface area (Å²) in [7, 11) is 4.71. The third-order valence-corrected chi connectivity index (χ3v) is 6.57. The van der Waals surface area contributed by atoms with E-state index in [2.05, 4.69) is 4.99 Å². The van der Waals surface area contributed by atoms with E-state index in [1.807, 2.05) is 36.4 Å². The summed E-state index contributed by atoms with van der Waals surface area (Å²) in [5, 5.41) is 0. The molecule has 9 heteroatoms. The zero-order chi connectivity index (χ0) is 24.9. The van der Waals surface area contributed by atoms with Gasteiger partial charge >= 0.3 is 5.97 Å². The van der Waals surface area contributed by atoms with Crippen molar-refractivity contribution in [3.8, 4) is 11.5 Å². The maximum Gasteiger partial charge on any atom is 0.338 e. The Morgan fingerprint density at radius 1 is 1.06 bits per heavy atom. The Balaban J connectivity index is 1.87. The molecule has 0 saturated carbocycles. The van der Waals surface area contributed by atoms with Gasteiger partial charge in [0, 0.05) is 7.11 Å². The first-order chi connectivity index (χ1) is 17.0. The van der Waals surface area contributed by atoms with Gasteiger partial charge in [-0.15, -0.1) is 0 Å². The summed E-state index contributed by atoms with van der Waals surface area (Å²) in [5.41, 5.74) is 2.14. The second-order valence-electron chi connectivity index (χ2n) is 7.76. The van der Waals surface area contributed by atoms with Crippen molar-refractivity contribution in [3.63, 3.8) is 0 Å². The molecule has 0 saturated heterocycles. The molecule has 1 atom stereocenters. The molecular formula is C26H26N2O6S. The van der Waals surface area contributed by atoms with Crippen molar-refractivity contribution in [1.82, 2.24) is 4.57 Å². The Labute approximate surface area is 206 Å². The maximum atomic E-state index is 13.6. The minimum absolute atomic E-state index is 0.0989. The fourth-order valence-electron chi connectivity index (χ4n) is 3.86. The van der Waals surface area contributed by atoms with E-state index >= 15 is 0 Å². The quantitative estimate of drug-likeness (QED) is 0.353. The van der Waals surface area contributed by atoms with E-state index in [0.717, 1.165) is 11.1 Å². The van der Waals surface area contributed by atoms with Crippen LogP contribution in [-0.4, -0.2) is 45.1 Å². The van der Waals surface area contributed by atoms with Crippen molar-refractivity contribution in [1.29, 1.82) is 0 Å². The van der Waals surface area contributed by atoms with Gasteiger partial charge in [0.25, 0.3) is 5.56 Å². The predicted octanol–water partition coefficient (Wildman–Crippen LogP) is 2.44. The van der Waals surface area contributed by atoms with Crippen molar-refractivity contribution < 1.29 is 23.7 Å². The Kier molecular flexibility index (Phi) is 7.48. The molecule has 0 N–H and O–H groups in total. The number of aromatic nitrogens is 1. The SMILES string of the molecule is COCCOC(=O)C1=C(C)N=c2s/c(=C\c3cccc(OC)c3)c(=O)n2[C@H]1c1ccc(OC)cc1. The fourth-order valence-corrected chi connectivity index (χ4v) is 4.91. The van der Waals surface area contributed by atoms with Gasteiger partial charge in [-0.05, 0) is 48.4 Å². The second-order valence-corrected chi connectivity index (χ2v) is 8.77. The molecule has 2 aromatic carbocycles. The molecule has 0 fully saturated rings. The molecule has 1 aliphatic rings. The van der Waals surface area contributed by atoms with Gasteiger partial charge in [0.2, 0.25) is 0 Å². The first-order valence-electron chi connectivity index (χ1n) is 10.9. The van der Waals surface area contributed by atoms with E-state index < -0.39 is 12.0 Å². The van der Waals surface area contributed by atoms with E-state index in [9.17, 15) is 9.59 Å². The van der Waals surface area contributed by atoms with Crippen LogP contribution in [-0.2, 0) is 14.3 Å². The third-order valence-electron chi connectivity index (χ3n) is 5.59. The monoisotopic (exact) mass is 494 g/mol. The fraction of sp³-hybridized carbons (Fsp3) is 0.269. The number of hydrogen-bond donors (Lipinski definition) is 0. The van der Waals surface area contributed by atoms with Crippen molar-refractivity contribution in [2.45, 2.75) is 13.0 Å². The summed E-state index contributed by atoms with van der Waals surface area (Å²) in [4.78, 5) is 31.9. The van der Waals surface area contributed by atoms with E-state index in [0.29, 0.717) is 32.1 Å². The van der Waals surface area contributed by atoms with Crippen LogP contribution in [0.15, 0.2) is 69.6 Å². The molecule has 182 valence electrons. The highest BCUT2D eigenvalue weighted by Gasteiger charge is 2.33. The maximum absolute atomic E-state index is 13.6. The Bertz CT molecular complexity index is 1440. The molecule has 0 spiro atoms. The van der Waals surface area contributed by atoms with E-state index in [4.69, 9.17) is 18.9 Å². The van der Waals surface area contributed by atoms with Crippen LogP contribution < -0.4 is 24.4 Å². The molecule has 8 nitrogen and oxygen atoms in total. The third kappa shape index (κ3) is 5.06. The molecule has 2 heterocycles. The minimum atomic E-state index is -0.695. The Hall–Kier alpha value is -3.69. The van der Waals surface area contributed by atoms with Gasteiger partial charge in [-0.1, -0.05) is 35.6 Å². The van der Waals surface area contributed by atoms with Crippen LogP contribution in [0.1, 0.15) is 24.1 Å². The molecule has 1 aliphatic heterocycles. The summed E-state index contributed by atoms with van der Waals surface area (Å²) in [5.74, 6) is 0.829. The predicted molar refractivity (Wildman–Crippen MR) is 133 cm³/mol. The van der Waals surface area contributed by atoms with Gasteiger partial charge in [-0.2, -0.15) is 0 Å². The highest BCUT2D eigenvalue weighted by molar-refractivity contribution is 7.07. The van der Waals surface area contributed by atoms with E-state index in [1.54, 1.807) is 43.9 Å². The molecule has 35 heavy (non-hydrogen) atoms. The van der Waals surface area contributed by atoms with Gasteiger partial charge in [0.05, 0.1) is 42.7 Å². The topological polar surface area (TPSA) is 88.4 Å². The molecule has 0 amide bonds. The zero-order valence-corrected chi connectivity index (χ0v) is 20.8. The smallest absolute Gasteiger partial charge is 0.338 e. The molecule has 0 aliphatic carbocycles. The number of carbonyl (C=O) groups excluding carboxylic acids is 1. The molecule has 0 radical (unpaired) electrons. The molecule has 0 bridgehead atoms. The second kappa shape index (κ2) is 10.7. The molecule has 4 rings (SSSR count). The van der Waals surface area contributed by atoms with Crippen LogP contribution in [0, 0.1) is 0 Å². The van der Waals surface area contributed by atoms with Gasteiger partial charge in [0.15, 0.2) is 4.80 Å². The summed E-state index contributed by atoms with van der Waals surface area (Å²) in [6, 6.07) is 14.0. The van der Waals surface area contributed by atoms with Crippen LogP contribution >= 0.6 is 11.3 Å². The van der Waals surface area contributed by atoms with Crippen molar-refractivity contribution in [3.05, 3.63) is 90.6 Å². The summed E-state index contributed by atoms with van der Waals surface area (Å²) >= 11 is 1.27. The average molecular weight is 495 g/mol. The molecule has 3 aromatic rings. The van der Waals surface area contributed by atoms with Crippen molar-refractivity contribution in [2.75, 3.05) is 34.5 Å². The Morgan fingerprint density at radius 2 is 1.80 bits per heavy atom. The van der Waals surface area contributed by atoms with Gasteiger partial charge in [0.1, 0.15) is 18.1 Å². The lowest BCUT2D eigenvalue weighted by Gasteiger charge is -2.25. The van der Waals surface area contributed by atoms with Gasteiger partial charge < -0.3 is 18.9 Å².